The van der Waals surface area contributed by atoms with Crippen molar-refractivity contribution in [1.29, 1.82) is 0 Å². The Morgan fingerprint density at radius 3 is 1.20 bits per heavy atom. The molecule has 1 aromatic heterocycles. The van der Waals surface area contributed by atoms with Crippen LogP contribution in [0, 0.1) is 0 Å². The van der Waals surface area contributed by atoms with Gasteiger partial charge in [0.25, 0.3) is 0 Å². The normalized spacial score (nSPS) is 14.5. The molecule has 4 nitrogen and oxygen atoms in total. The topological polar surface area (TPSA) is 34.8 Å². The highest BCUT2D eigenvalue weighted by atomic mass is 16.5. The van der Waals surface area contributed by atoms with Gasteiger partial charge in [-0.1, -0.05) is 164 Å². The van der Waals surface area contributed by atoms with Crippen LogP contribution in [-0.4, -0.2) is 0 Å². The Morgan fingerprint density at radius 1 is 0.303 bits per heavy atom. The predicted molar refractivity (Wildman–Crippen MR) is 263 cm³/mol. The van der Waals surface area contributed by atoms with Gasteiger partial charge in [-0.3, -0.25) is 0 Å². The second-order valence-corrected chi connectivity index (χ2v) is 17.8. The number of para-hydroxylation sites is 6. The van der Waals surface area contributed by atoms with E-state index in [0.717, 1.165) is 84.3 Å². The van der Waals surface area contributed by atoms with Crippen LogP contribution in [0.3, 0.4) is 0 Å². The highest BCUT2D eigenvalue weighted by Crippen LogP contribution is 2.65. The van der Waals surface area contributed by atoms with E-state index in [1.165, 1.54) is 44.5 Å². The van der Waals surface area contributed by atoms with Gasteiger partial charge in [-0.25, -0.2) is 0 Å². The Kier molecular flexibility index (Phi) is 7.05. The fourth-order valence-corrected chi connectivity index (χ4v) is 12.3. The van der Waals surface area contributed by atoms with Crippen LogP contribution in [0.1, 0.15) is 44.5 Å². The summed E-state index contributed by atoms with van der Waals surface area (Å²) in [5.41, 5.74) is 17.7. The summed E-state index contributed by atoms with van der Waals surface area (Å²) in [6.07, 6.45) is 0. The van der Waals surface area contributed by atoms with Gasteiger partial charge in [0.15, 0.2) is 5.58 Å². The van der Waals surface area contributed by atoms with E-state index >= 15 is 0 Å². The van der Waals surface area contributed by atoms with Crippen LogP contribution in [0.4, 0.5) is 17.1 Å². The van der Waals surface area contributed by atoms with Crippen LogP contribution in [0.15, 0.2) is 229 Å². The molecule has 0 atom stereocenters. The fourth-order valence-electron chi connectivity index (χ4n) is 12.3. The molecule has 15 rings (SSSR count). The smallest absolute Gasteiger partial charge is 0.159 e. The highest BCUT2D eigenvalue weighted by Gasteiger charge is 2.53. The van der Waals surface area contributed by atoms with Gasteiger partial charge < -0.3 is 18.8 Å². The molecule has 2 aliphatic carbocycles. The molecular weight excluding hydrogens is 807 g/mol. The van der Waals surface area contributed by atoms with Gasteiger partial charge in [0.05, 0.1) is 16.5 Å². The van der Waals surface area contributed by atoms with Gasteiger partial charge in [0.1, 0.15) is 28.6 Å². The van der Waals surface area contributed by atoms with Crippen LogP contribution < -0.4 is 14.4 Å². The largest absolute Gasteiger partial charge is 0.457 e. The second-order valence-electron chi connectivity index (χ2n) is 17.8. The van der Waals surface area contributed by atoms with Crippen molar-refractivity contribution in [3.63, 3.8) is 0 Å². The number of ether oxygens (including phenoxy) is 2. The molecule has 2 spiro atoms. The molecule has 0 radical (unpaired) electrons. The van der Waals surface area contributed by atoms with Crippen LogP contribution in [0.25, 0.3) is 44.2 Å². The molecule has 0 saturated heterocycles. The molecule has 4 aliphatic rings. The van der Waals surface area contributed by atoms with E-state index in [1.807, 2.05) is 6.07 Å². The molecule has 0 amide bonds. The summed E-state index contributed by atoms with van der Waals surface area (Å²) >= 11 is 0. The summed E-state index contributed by atoms with van der Waals surface area (Å²) in [6.45, 7) is 0. The Balaban J connectivity index is 1.04. The molecule has 0 saturated carbocycles. The number of anilines is 3. The van der Waals surface area contributed by atoms with Crippen LogP contribution in [-0.2, 0) is 10.8 Å². The summed E-state index contributed by atoms with van der Waals surface area (Å²) in [4.78, 5) is 2.42. The van der Waals surface area contributed by atoms with E-state index in [-0.39, 0.29) is 0 Å². The zero-order valence-corrected chi connectivity index (χ0v) is 35.5. The van der Waals surface area contributed by atoms with Crippen molar-refractivity contribution in [1.82, 2.24) is 0 Å². The van der Waals surface area contributed by atoms with E-state index in [2.05, 4.69) is 223 Å². The standard InChI is InChI=1S/C62H37NO3/c1-4-20-46-40(16-1)42-34-32-38(36-52(42)61(46)48-22-6-11-28-56(48)64-57-29-12-7-23-49(57)61)63(54-26-15-19-45-44-18-3-10-27-55(44)66-60(45)54)39-33-35-43-41-17-2-5-21-47(41)62(53(43)37-39)50-24-8-13-30-58(50)65-59-31-14-9-25-51(59)62/h1-37H. The zero-order valence-electron chi connectivity index (χ0n) is 35.5. The third-order valence-electron chi connectivity index (χ3n) is 14.8. The van der Waals surface area contributed by atoms with E-state index in [0.29, 0.717) is 0 Å². The highest BCUT2D eigenvalue weighted by molar-refractivity contribution is 6.10. The third-order valence-corrected chi connectivity index (χ3v) is 14.8. The minimum Gasteiger partial charge on any atom is -0.457 e. The molecular formula is C62H37NO3. The van der Waals surface area contributed by atoms with Crippen LogP contribution >= 0.6 is 0 Å². The van der Waals surface area contributed by atoms with Crippen molar-refractivity contribution in [2.75, 3.05) is 4.90 Å². The SMILES string of the molecule is c1ccc2c(c1)Oc1ccccc1C21c2ccccc2-c2ccc(N(c3ccc4c(c3)C3(c5ccccc5Oc5ccccc53)c3ccccc3-4)c3cccc4c3oc3ccccc34)cc21. The Bertz CT molecular complexity index is 3590. The zero-order chi connectivity index (χ0) is 43.1. The van der Waals surface area contributed by atoms with Gasteiger partial charge in [0.2, 0.25) is 0 Å². The van der Waals surface area contributed by atoms with Gasteiger partial charge in [0, 0.05) is 44.4 Å². The summed E-state index contributed by atoms with van der Waals surface area (Å²) in [5.74, 6) is 3.48. The molecule has 0 fully saturated rings. The monoisotopic (exact) mass is 843 g/mol. The maximum Gasteiger partial charge on any atom is 0.159 e. The van der Waals surface area contributed by atoms with E-state index in [9.17, 15) is 0 Å². The van der Waals surface area contributed by atoms with Crippen LogP contribution in [0.2, 0.25) is 0 Å². The molecule has 2 aliphatic heterocycles. The van der Waals surface area contributed by atoms with Crippen molar-refractivity contribution < 1.29 is 13.9 Å². The Hall–Kier alpha value is -8.60. The number of benzene rings is 10. The molecule has 10 aromatic carbocycles. The van der Waals surface area contributed by atoms with Crippen molar-refractivity contribution in [2.24, 2.45) is 0 Å². The molecule has 4 heteroatoms. The van der Waals surface area contributed by atoms with E-state index in [4.69, 9.17) is 13.9 Å². The van der Waals surface area contributed by atoms with Gasteiger partial charge >= 0.3 is 0 Å². The van der Waals surface area contributed by atoms with Crippen molar-refractivity contribution in [3.8, 4) is 45.3 Å². The minimum atomic E-state index is -0.635. The first kappa shape index (κ1) is 35.8. The molecule has 0 unspecified atom stereocenters. The Labute approximate surface area is 381 Å². The third kappa shape index (κ3) is 4.43. The number of hydrogen-bond donors (Lipinski definition) is 0. The van der Waals surface area contributed by atoms with Gasteiger partial charge in [-0.05, 0) is 105 Å². The summed E-state index contributed by atoms with van der Waals surface area (Å²) in [6, 6.07) is 81.1. The summed E-state index contributed by atoms with van der Waals surface area (Å²) in [7, 11) is 0. The van der Waals surface area contributed by atoms with Crippen molar-refractivity contribution in [3.05, 3.63) is 269 Å². The van der Waals surface area contributed by atoms with Gasteiger partial charge in [-0.15, -0.1) is 0 Å². The molecule has 3 heterocycles. The number of rotatable bonds is 3. The maximum absolute atomic E-state index is 6.93. The van der Waals surface area contributed by atoms with Gasteiger partial charge in [-0.2, -0.15) is 0 Å². The number of nitrogens with zero attached hydrogens (tertiary/aromatic N) is 1. The first-order valence-electron chi connectivity index (χ1n) is 22.7. The van der Waals surface area contributed by atoms with E-state index < -0.39 is 10.8 Å². The maximum atomic E-state index is 6.93. The lowest BCUT2D eigenvalue weighted by Gasteiger charge is -2.40. The predicted octanol–water partition coefficient (Wildman–Crippen LogP) is 16.0. The van der Waals surface area contributed by atoms with E-state index in [1.54, 1.807) is 0 Å². The summed E-state index contributed by atoms with van der Waals surface area (Å²) in [5, 5.41) is 2.16. The lowest BCUT2D eigenvalue weighted by molar-refractivity contribution is 0.436. The number of hydrogen-bond acceptors (Lipinski definition) is 4. The minimum absolute atomic E-state index is 0.635. The first-order chi connectivity index (χ1) is 32.7. The average Bonchev–Trinajstić information content (AvgIpc) is 4.00. The quantitative estimate of drug-likeness (QED) is 0.177. The molecule has 0 bridgehead atoms. The second kappa shape index (κ2) is 13.0. The van der Waals surface area contributed by atoms with Crippen molar-refractivity contribution in [2.45, 2.75) is 10.8 Å². The molecule has 0 N–H and O–H groups in total. The lowest BCUT2D eigenvalue weighted by Crippen LogP contribution is -2.32. The van der Waals surface area contributed by atoms with Crippen LogP contribution in [0.5, 0.6) is 23.0 Å². The molecule has 11 aromatic rings. The first-order valence-corrected chi connectivity index (χ1v) is 22.7. The number of furan rings is 1. The molecule has 66 heavy (non-hydrogen) atoms. The lowest BCUT2D eigenvalue weighted by atomic mass is 9.66. The average molecular weight is 844 g/mol. The van der Waals surface area contributed by atoms with Crippen molar-refractivity contribution >= 4 is 39.0 Å². The Morgan fingerprint density at radius 2 is 0.697 bits per heavy atom. The fraction of sp³-hybridized carbons (Fsp3) is 0.0323. The number of fused-ring (bicyclic) bond motifs is 21. The summed E-state index contributed by atoms with van der Waals surface area (Å²) < 4.78 is 20.4. The molecule has 308 valence electrons.